The minimum Gasteiger partial charge on any atom is -0.378 e. The zero-order chi connectivity index (χ0) is 16.1. The van der Waals surface area contributed by atoms with E-state index in [0.29, 0.717) is 16.3 Å². The summed E-state index contributed by atoms with van der Waals surface area (Å²) in [7, 11) is 3.92. The van der Waals surface area contributed by atoms with Crippen LogP contribution in [0.2, 0.25) is 5.02 Å². The first-order valence-corrected chi connectivity index (χ1v) is 7.32. The Kier molecular flexibility index (Phi) is 5.55. The molecule has 0 bridgehead atoms. The summed E-state index contributed by atoms with van der Waals surface area (Å²) < 4.78 is 0. The lowest BCUT2D eigenvalue weighted by Crippen LogP contribution is -2.20. The van der Waals surface area contributed by atoms with Gasteiger partial charge in [-0.3, -0.25) is 4.79 Å². The highest BCUT2D eigenvalue weighted by atomic mass is 35.5. The van der Waals surface area contributed by atoms with Gasteiger partial charge in [-0.15, -0.1) is 0 Å². The van der Waals surface area contributed by atoms with E-state index < -0.39 is 12.0 Å². The van der Waals surface area contributed by atoms with E-state index in [1.807, 2.05) is 31.1 Å². The Morgan fingerprint density at radius 1 is 1.23 bits per heavy atom. The Labute approximate surface area is 135 Å². The second kappa shape index (κ2) is 7.40. The number of carbonyl (C=O) groups excluding carboxylic acids is 1. The molecule has 2 aromatic rings. The SMILES string of the molecule is CN(C)Cc1ccc(NC(=O)C(O)c2ccccc2)cc1Cl. The summed E-state index contributed by atoms with van der Waals surface area (Å²) in [6.45, 7) is 0.722. The van der Waals surface area contributed by atoms with Crippen LogP contribution in [0, 0.1) is 0 Å². The van der Waals surface area contributed by atoms with Gasteiger partial charge in [0.1, 0.15) is 0 Å². The molecule has 0 heterocycles. The van der Waals surface area contributed by atoms with Crippen molar-refractivity contribution in [1.82, 2.24) is 4.90 Å². The molecule has 0 aliphatic carbocycles. The Morgan fingerprint density at radius 2 is 1.91 bits per heavy atom. The first-order chi connectivity index (χ1) is 10.5. The molecule has 0 aliphatic rings. The highest BCUT2D eigenvalue weighted by Gasteiger charge is 2.17. The molecule has 22 heavy (non-hydrogen) atoms. The van der Waals surface area contributed by atoms with E-state index in [0.717, 1.165) is 12.1 Å². The number of amides is 1. The second-order valence-corrected chi connectivity index (χ2v) is 5.75. The van der Waals surface area contributed by atoms with Crippen molar-refractivity contribution in [3.63, 3.8) is 0 Å². The van der Waals surface area contributed by atoms with E-state index >= 15 is 0 Å². The van der Waals surface area contributed by atoms with Gasteiger partial charge in [0.2, 0.25) is 0 Å². The largest absolute Gasteiger partial charge is 0.378 e. The maximum atomic E-state index is 12.1. The molecule has 4 nitrogen and oxygen atoms in total. The van der Waals surface area contributed by atoms with E-state index in [1.165, 1.54) is 0 Å². The summed E-state index contributed by atoms with van der Waals surface area (Å²) >= 11 is 6.21. The van der Waals surface area contributed by atoms with Gasteiger partial charge in [0.05, 0.1) is 0 Å². The van der Waals surface area contributed by atoms with Crippen LogP contribution in [0.5, 0.6) is 0 Å². The second-order valence-electron chi connectivity index (χ2n) is 5.35. The van der Waals surface area contributed by atoms with Crippen molar-refractivity contribution >= 4 is 23.2 Å². The monoisotopic (exact) mass is 318 g/mol. The number of aliphatic hydroxyl groups excluding tert-OH is 1. The zero-order valence-electron chi connectivity index (χ0n) is 12.6. The van der Waals surface area contributed by atoms with Gasteiger partial charge in [-0.05, 0) is 37.4 Å². The van der Waals surface area contributed by atoms with Crippen molar-refractivity contribution in [1.29, 1.82) is 0 Å². The van der Waals surface area contributed by atoms with Gasteiger partial charge in [-0.2, -0.15) is 0 Å². The summed E-state index contributed by atoms with van der Waals surface area (Å²) in [5.74, 6) is -0.484. The average molecular weight is 319 g/mol. The number of aliphatic hydroxyl groups is 1. The Hall–Kier alpha value is -1.88. The highest BCUT2D eigenvalue weighted by molar-refractivity contribution is 6.31. The average Bonchev–Trinajstić information content (AvgIpc) is 2.49. The van der Waals surface area contributed by atoms with Crippen molar-refractivity contribution in [2.24, 2.45) is 0 Å². The number of halogens is 1. The van der Waals surface area contributed by atoms with Crippen molar-refractivity contribution in [3.05, 3.63) is 64.7 Å². The van der Waals surface area contributed by atoms with E-state index in [1.54, 1.807) is 36.4 Å². The third-order valence-corrected chi connectivity index (χ3v) is 3.52. The van der Waals surface area contributed by atoms with Crippen LogP contribution in [0.25, 0.3) is 0 Å². The molecule has 1 unspecified atom stereocenters. The number of anilines is 1. The quantitative estimate of drug-likeness (QED) is 0.891. The minimum absolute atomic E-state index is 0.484. The standard InChI is InChI=1S/C17H19ClN2O2/c1-20(2)11-13-8-9-14(10-15(13)18)19-17(22)16(21)12-6-4-3-5-7-12/h3-10,16,21H,11H2,1-2H3,(H,19,22). The van der Waals surface area contributed by atoms with Crippen LogP contribution in [0.4, 0.5) is 5.69 Å². The molecule has 0 saturated carbocycles. The number of rotatable bonds is 5. The number of hydrogen-bond donors (Lipinski definition) is 2. The number of hydrogen-bond acceptors (Lipinski definition) is 3. The highest BCUT2D eigenvalue weighted by Crippen LogP contribution is 2.23. The van der Waals surface area contributed by atoms with Crippen LogP contribution in [-0.2, 0) is 11.3 Å². The Morgan fingerprint density at radius 3 is 2.50 bits per heavy atom. The van der Waals surface area contributed by atoms with Gasteiger partial charge in [-0.25, -0.2) is 0 Å². The normalized spacial score (nSPS) is 12.2. The molecule has 2 aromatic carbocycles. The van der Waals surface area contributed by atoms with Gasteiger partial charge < -0.3 is 15.3 Å². The van der Waals surface area contributed by atoms with Crippen molar-refractivity contribution in [3.8, 4) is 0 Å². The van der Waals surface area contributed by atoms with Crippen LogP contribution in [0.1, 0.15) is 17.2 Å². The molecule has 0 spiro atoms. The summed E-state index contributed by atoms with van der Waals surface area (Å²) in [4.78, 5) is 14.1. The van der Waals surface area contributed by atoms with E-state index in [-0.39, 0.29) is 0 Å². The Balaban J connectivity index is 2.07. The topological polar surface area (TPSA) is 52.6 Å². The molecule has 2 rings (SSSR count). The number of carbonyl (C=O) groups is 1. The first-order valence-electron chi connectivity index (χ1n) is 6.94. The molecule has 0 aliphatic heterocycles. The van der Waals surface area contributed by atoms with Gasteiger partial charge >= 0.3 is 0 Å². The lowest BCUT2D eigenvalue weighted by atomic mass is 10.1. The van der Waals surface area contributed by atoms with Crippen LogP contribution in [0.3, 0.4) is 0 Å². The fourth-order valence-corrected chi connectivity index (χ4v) is 2.33. The predicted octanol–water partition coefficient (Wildman–Crippen LogP) is 3.07. The molecule has 0 radical (unpaired) electrons. The third-order valence-electron chi connectivity index (χ3n) is 3.17. The van der Waals surface area contributed by atoms with E-state index in [4.69, 9.17) is 11.6 Å². The summed E-state index contributed by atoms with van der Waals surface area (Å²) in [6, 6.07) is 14.1. The van der Waals surface area contributed by atoms with Crippen LogP contribution < -0.4 is 5.32 Å². The number of nitrogens with one attached hydrogen (secondary N) is 1. The predicted molar refractivity (Wildman–Crippen MR) is 88.9 cm³/mol. The third kappa shape index (κ3) is 4.31. The molecule has 0 aromatic heterocycles. The number of nitrogens with zero attached hydrogens (tertiary/aromatic N) is 1. The maximum Gasteiger partial charge on any atom is 0.257 e. The summed E-state index contributed by atoms with van der Waals surface area (Å²) in [6.07, 6.45) is -1.21. The van der Waals surface area contributed by atoms with Crippen molar-refractivity contribution in [2.45, 2.75) is 12.6 Å². The van der Waals surface area contributed by atoms with E-state index in [2.05, 4.69) is 5.32 Å². The lowest BCUT2D eigenvalue weighted by molar-refractivity contribution is -0.124. The van der Waals surface area contributed by atoms with Gasteiger partial charge in [0, 0.05) is 17.3 Å². The summed E-state index contributed by atoms with van der Waals surface area (Å²) in [5.41, 5.74) is 2.09. The van der Waals surface area contributed by atoms with Crippen LogP contribution >= 0.6 is 11.6 Å². The number of benzene rings is 2. The molecule has 1 amide bonds. The molecule has 5 heteroatoms. The summed E-state index contributed by atoms with van der Waals surface area (Å²) in [5, 5.41) is 13.3. The fourth-order valence-electron chi connectivity index (χ4n) is 2.09. The first kappa shape index (κ1) is 16.5. The van der Waals surface area contributed by atoms with Gasteiger partial charge in [0.25, 0.3) is 5.91 Å². The zero-order valence-corrected chi connectivity index (χ0v) is 13.3. The molecule has 116 valence electrons. The smallest absolute Gasteiger partial charge is 0.257 e. The molecule has 1 atom stereocenters. The molecule has 0 fully saturated rings. The van der Waals surface area contributed by atoms with Crippen LogP contribution in [-0.4, -0.2) is 30.0 Å². The van der Waals surface area contributed by atoms with Crippen molar-refractivity contribution < 1.29 is 9.90 Å². The molecular formula is C17H19ClN2O2. The molecule has 2 N–H and O–H groups in total. The lowest BCUT2D eigenvalue weighted by Gasteiger charge is -2.14. The molecular weight excluding hydrogens is 300 g/mol. The molecule has 0 saturated heterocycles. The van der Waals surface area contributed by atoms with Gasteiger partial charge in [-0.1, -0.05) is 48.0 Å². The van der Waals surface area contributed by atoms with E-state index in [9.17, 15) is 9.90 Å². The van der Waals surface area contributed by atoms with Crippen LogP contribution in [0.15, 0.2) is 48.5 Å². The fraction of sp³-hybridized carbons (Fsp3) is 0.235. The van der Waals surface area contributed by atoms with Crippen molar-refractivity contribution in [2.75, 3.05) is 19.4 Å². The Bertz CT molecular complexity index is 644. The van der Waals surface area contributed by atoms with Gasteiger partial charge in [0.15, 0.2) is 6.10 Å². The maximum absolute atomic E-state index is 12.1. The minimum atomic E-state index is -1.21.